The van der Waals surface area contributed by atoms with Gasteiger partial charge in [0.25, 0.3) is 0 Å². The van der Waals surface area contributed by atoms with Crippen LogP contribution in [-0.2, 0) is 4.79 Å². The fourth-order valence-electron chi connectivity index (χ4n) is 6.48. The van der Waals surface area contributed by atoms with E-state index in [9.17, 15) is 4.79 Å². The summed E-state index contributed by atoms with van der Waals surface area (Å²) in [5, 5.41) is 0. The first-order valence-corrected chi connectivity index (χ1v) is 11.5. The Hall–Kier alpha value is -0.530. The third-order valence-corrected chi connectivity index (χ3v) is 7.34. The van der Waals surface area contributed by atoms with Crippen LogP contribution in [0.15, 0.2) is 0 Å². The van der Waals surface area contributed by atoms with E-state index in [2.05, 4.69) is 18.7 Å². The quantitative estimate of drug-likeness (QED) is 0.408. The second kappa shape index (κ2) is 8.91. The molecule has 0 aliphatic heterocycles. The zero-order valence-electron chi connectivity index (χ0n) is 16.9. The standard InChI is InChI=1S/C23H41NO/c1-3-5-7-9-11-24(12-10-8-6-4-2)22(25)23-16-19-13-20(17-23)15-21(14-19)18-23/h19-21H,3-18H2,1-2H3. The Kier molecular flexibility index (Phi) is 6.86. The molecule has 4 aliphatic carbocycles. The lowest BCUT2D eigenvalue weighted by Crippen LogP contribution is -2.54. The van der Waals surface area contributed by atoms with Gasteiger partial charge in [0.1, 0.15) is 0 Å². The van der Waals surface area contributed by atoms with Crippen LogP contribution in [0.3, 0.4) is 0 Å². The van der Waals surface area contributed by atoms with Crippen LogP contribution in [0, 0.1) is 23.2 Å². The highest BCUT2D eigenvalue weighted by Crippen LogP contribution is 2.60. The van der Waals surface area contributed by atoms with Crippen molar-refractivity contribution >= 4 is 5.91 Å². The van der Waals surface area contributed by atoms with Crippen LogP contribution in [0.4, 0.5) is 0 Å². The third-order valence-electron chi connectivity index (χ3n) is 7.34. The van der Waals surface area contributed by atoms with Crippen molar-refractivity contribution in [3.05, 3.63) is 0 Å². The largest absolute Gasteiger partial charge is 0.342 e. The molecular formula is C23H41NO. The molecule has 4 saturated carbocycles. The molecule has 0 spiro atoms. The molecule has 0 radical (unpaired) electrons. The number of rotatable bonds is 11. The minimum atomic E-state index is 0.0598. The predicted molar refractivity (Wildman–Crippen MR) is 105 cm³/mol. The van der Waals surface area contributed by atoms with Crippen molar-refractivity contribution in [3.63, 3.8) is 0 Å². The van der Waals surface area contributed by atoms with Crippen LogP contribution in [0.5, 0.6) is 0 Å². The Morgan fingerprint density at radius 3 is 1.60 bits per heavy atom. The number of carbonyl (C=O) groups excluding carboxylic acids is 1. The van der Waals surface area contributed by atoms with Crippen LogP contribution in [-0.4, -0.2) is 23.9 Å². The van der Waals surface area contributed by atoms with E-state index >= 15 is 0 Å². The number of carbonyl (C=O) groups is 1. The van der Waals surface area contributed by atoms with Gasteiger partial charge in [0.05, 0.1) is 5.41 Å². The molecule has 0 aromatic carbocycles. The Bertz CT molecular complexity index is 383. The van der Waals surface area contributed by atoms with Gasteiger partial charge in [0.15, 0.2) is 0 Å². The van der Waals surface area contributed by atoms with Gasteiger partial charge in [-0.2, -0.15) is 0 Å². The molecule has 144 valence electrons. The minimum Gasteiger partial charge on any atom is -0.342 e. The maximum absolute atomic E-state index is 13.7. The third kappa shape index (κ3) is 4.61. The van der Waals surface area contributed by atoms with Crippen molar-refractivity contribution in [2.75, 3.05) is 13.1 Å². The lowest BCUT2D eigenvalue weighted by atomic mass is 9.49. The molecule has 0 atom stereocenters. The molecule has 1 amide bonds. The summed E-state index contributed by atoms with van der Waals surface area (Å²) in [6.07, 6.45) is 18.1. The van der Waals surface area contributed by atoms with E-state index in [1.165, 1.54) is 89.9 Å². The molecule has 0 unspecified atom stereocenters. The molecule has 0 N–H and O–H groups in total. The monoisotopic (exact) mass is 347 g/mol. The Balaban J connectivity index is 1.60. The van der Waals surface area contributed by atoms with E-state index in [1.54, 1.807) is 0 Å². The summed E-state index contributed by atoms with van der Waals surface area (Å²) in [6, 6.07) is 0. The van der Waals surface area contributed by atoms with E-state index in [0.717, 1.165) is 30.8 Å². The molecular weight excluding hydrogens is 306 g/mol. The van der Waals surface area contributed by atoms with E-state index in [-0.39, 0.29) is 5.41 Å². The fraction of sp³-hybridized carbons (Fsp3) is 0.957. The van der Waals surface area contributed by atoms with Crippen LogP contribution < -0.4 is 0 Å². The van der Waals surface area contributed by atoms with E-state index in [1.807, 2.05) is 0 Å². The molecule has 0 aromatic heterocycles. The summed E-state index contributed by atoms with van der Waals surface area (Å²) >= 11 is 0. The SMILES string of the molecule is CCCCCCN(CCCCCC)C(=O)C12CC3CC(CC(C3)C1)C2. The van der Waals surface area contributed by atoms with Gasteiger partial charge in [-0.25, -0.2) is 0 Å². The van der Waals surface area contributed by atoms with Crippen LogP contribution in [0.2, 0.25) is 0 Å². The van der Waals surface area contributed by atoms with E-state index in [0.29, 0.717) is 5.91 Å². The summed E-state index contributed by atoms with van der Waals surface area (Å²) in [5.74, 6) is 3.19. The molecule has 25 heavy (non-hydrogen) atoms. The van der Waals surface area contributed by atoms with Gasteiger partial charge in [-0.15, -0.1) is 0 Å². The van der Waals surface area contributed by atoms with Gasteiger partial charge >= 0.3 is 0 Å². The number of unbranched alkanes of at least 4 members (excludes halogenated alkanes) is 6. The molecule has 4 rings (SSSR count). The lowest BCUT2D eigenvalue weighted by Gasteiger charge is -2.56. The fourth-order valence-corrected chi connectivity index (χ4v) is 6.48. The lowest BCUT2D eigenvalue weighted by molar-refractivity contribution is -0.157. The zero-order chi connectivity index (χ0) is 17.7. The van der Waals surface area contributed by atoms with Crippen LogP contribution in [0.1, 0.15) is 104 Å². The Labute approximate surface area is 156 Å². The van der Waals surface area contributed by atoms with Crippen molar-refractivity contribution in [2.45, 2.75) is 104 Å². The zero-order valence-corrected chi connectivity index (χ0v) is 16.9. The average Bonchev–Trinajstić information content (AvgIpc) is 2.58. The molecule has 4 bridgehead atoms. The second-order valence-corrected chi connectivity index (χ2v) is 9.61. The number of hydrogen-bond donors (Lipinski definition) is 0. The maximum Gasteiger partial charge on any atom is 0.228 e. The van der Waals surface area contributed by atoms with Crippen LogP contribution in [0.25, 0.3) is 0 Å². The highest BCUT2D eigenvalue weighted by Gasteiger charge is 2.55. The Morgan fingerprint density at radius 2 is 1.20 bits per heavy atom. The van der Waals surface area contributed by atoms with Gasteiger partial charge in [-0.1, -0.05) is 52.4 Å². The molecule has 0 aromatic rings. The maximum atomic E-state index is 13.7. The first-order valence-electron chi connectivity index (χ1n) is 11.5. The minimum absolute atomic E-state index is 0.0598. The summed E-state index contributed by atoms with van der Waals surface area (Å²) < 4.78 is 0. The summed E-state index contributed by atoms with van der Waals surface area (Å²) in [5.41, 5.74) is 0.0598. The summed E-state index contributed by atoms with van der Waals surface area (Å²) in [4.78, 5) is 16.0. The first-order chi connectivity index (χ1) is 12.2. The number of amides is 1. The molecule has 0 heterocycles. The predicted octanol–water partition coefficient (Wildman–Crippen LogP) is 6.19. The van der Waals surface area contributed by atoms with Gasteiger partial charge in [0.2, 0.25) is 5.91 Å². The number of hydrogen-bond acceptors (Lipinski definition) is 1. The van der Waals surface area contributed by atoms with Gasteiger partial charge in [-0.3, -0.25) is 4.79 Å². The highest BCUT2D eigenvalue weighted by molar-refractivity contribution is 5.83. The normalized spacial score (nSPS) is 33.0. The molecule has 2 nitrogen and oxygen atoms in total. The highest BCUT2D eigenvalue weighted by atomic mass is 16.2. The molecule has 2 heteroatoms. The van der Waals surface area contributed by atoms with Gasteiger partial charge in [-0.05, 0) is 69.1 Å². The Morgan fingerprint density at radius 1 is 0.760 bits per heavy atom. The van der Waals surface area contributed by atoms with Gasteiger partial charge < -0.3 is 4.90 Å². The first kappa shape index (κ1) is 19.2. The van der Waals surface area contributed by atoms with Crippen molar-refractivity contribution in [1.29, 1.82) is 0 Å². The number of nitrogens with zero attached hydrogens (tertiary/aromatic N) is 1. The van der Waals surface area contributed by atoms with Crippen molar-refractivity contribution in [3.8, 4) is 0 Å². The van der Waals surface area contributed by atoms with E-state index < -0.39 is 0 Å². The molecule has 0 saturated heterocycles. The summed E-state index contributed by atoms with van der Waals surface area (Å²) in [7, 11) is 0. The van der Waals surface area contributed by atoms with Gasteiger partial charge in [0, 0.05) is 13.1 Å². The topological polar surface area (TPSA) is 20.3 Å². The molecule has 4 fully saturated rings. The second-order valence-electron chi connectivity index (χ2n) is 9.61. The molecule has 4 aliphatic rings. The van der Waals surface area contributed by atoms with E-state index in [4.69, 9.17) is 0 Å². The average molecular weight is 348 g/mol. The smallest absolute Gasteiger partial charge is 0.228 e. The van der Waals surface area contributed by atoms with Crippen molar-refractivity contribution in [2.24, 2.45) is 23.2 Å². The van der Waals surface area contributed by atoms with Crippen molar-refractivity contribution < 1.29 is 4.79 Å². The van der Waals surface area contributed by atoms with Crippen LogP contribution >= 0.6 is 0 Å². The van der Waals surface area contributed by atoms with Crippen molar-refractivity contribution in [1.82, 2.24) is 4.90 Å². The summed E-state index contributed by atoms with van der Waals surface area (Å²) in [6.45, 7) is 6.58.